The molecule has 1 amide bonds. The molecule has 0 unspecified atom stereocenters. The van der Waals surface area contributed by atoms with Gasteiger partial charge < -0.3 is 16.2 Å². The Bertz CT molecular complexity index is 324. The molecule has 0 heterocycles. The van der Waals surface area contributed by atoms with Crippen molar-refractivity contribution >= 4 is 11.9 Å². The number of carbonyl (C=O) groups excluding carboxylic acids is 1. The largest absolute Gasteiger partial charge is 0.481 e. The maximum atomic E-state index is 12.0. The van der Waals surface area contributed by atoms with Gasteiger partial charge in [-0.2, -0.15) is 0 Å². The lowest BCUT2D eigenvalue weighted by Gasteiger charge is -2.24. The van der Waals surface area contributed by atoms with Crippen LogP contribution < -0.4 is 11.1 Å². The number of amides is 1. The number of aliphatic carboxylic acids is 1. The molecule has 5 heteroatoms. The topological polar surface area (TPSA) is 92.4 Å². The van der Waals surface area contributed by atoms with E-state index in [0.29, 0.717) is 12.8 Å². The van der Waals surface area contributed by atoms with Crippen LogP contribution in [0.2, 0.25) is 0 Å². The fourth-order valence-corrected chi connectivity index (χ4v) is 2.90. The Morgan fingerprint density at radius 3 is 2.41 bits per heavy atom. The van der Waals surface area contributed by atoms with E-state index >= 15 is 0 Å². The second-order valence-electron chi connectivity index (χ2n) is 5.38. The molecule has 5 nitrogen and oxygen atoms in total. The van der Waals surface area contributed by atoms with Crippen LogP contribution in [-0.4, -0.2) is 28.6 Å². The van der Waals surface area contributed by atoms with Crippen molar-refractivity contribution in [1.82, 2.24) is 5.32 Å². The van der Waals surface area contributed by atoms with Gasteiger partial charge in [0.05, 0.1) is 11.5 Å². The normalized spacial score (nSPS) is 31.4. The molecule has 96 valence electrons. The molecule has 0 radical (unpaired) electrons. The molecule has 0 aromatic carbocycles. The van der Waals surface area contributed by atoms with E-state index in [2.05, 4.69) is 5.32 Å². The maximum Gasteiger partial charge on any atom is 0.306 e. The molecular weight excluding hydrogens is 220 g/mol. The van der Waals surface area contributed by atoms with Gasteiger partial charge in [0.15, 0.2) is 0 Å². The van der Waals surface area contributed by atoms with Gasteiger partial charge in [-0.3, -0.25) is 9.59 Å². The van der Waals surface area contributed by atoms with Crippen molar-refractivity contribution in [2.24, 2.45) is 11.7 Å². The molecule has 0 aromatic rings. The van der Waals surface area contributed by atoms with E-state index in [9.17, 15) is 9.59 Å². The predicted molar refractivity (Wildman–Crippen MR) is 62.3 cm³/mol. The fourth-order valence-electron chi connectivity index (χ4n) is 2.90. The third-order valence-electron chi connectivity index (χ3n) is 4.07. The number of hydrogen-bond donors (Lipinski definition) is 3. The molecule has 0 bridgehead atoms. The van der Waals surface area contributed by atoms with Gasteiger partial charge in [0, 0.05) is 6.04 Å². The third-order valence-corrected chi connectivity index (χ3v) is 4.07. The molecule has 2 aliphatic rings. The first kappa shape index (κ1) is 12.4. The molecule has 2 saturated carbocycles. The molecule has 0 aliphatic heterocycles. The third kappa shape index (κ3) is 2.60. The fraction of sp³-hybridized carbons (Fsp3) is 0.833. The molecule has 17 heavy (non-hydrogen) atoms. The van der Waals surface area contributed by atoms with Crippen molar-refractivity contribution in [2.75, 3.05) is 0 Å². The first-order valence-corrected chi connectivity index (χ1v) is 6.34. The highest BCUT2D eigenvalue weighted by Gasteiger charge is 2.39. The SMILES string of the molecule is NC1(C(=O)N[C@H]2CC[C@@H](C(=O)O)C2)CCCC1. The van der Waals surface area contributed by atoms with Crippen LogP contribution in [0.15, 0.2) is 0 Å². The highest BCUT2D eigenvalue weighted by Crippen LogP contribution is 2.29. The summed E-state index contributed by atoms with van der Waals surface area (Å²) in [6.07, 6.45) is 5.44. The van der Waals surface area contributed by atoms with Crippen LogP contribution in [0.4, 0.5) is 0 Å². The van der Waals surface area contributed by atoms with Crippen molar-refractivity contribution in [2.45, 2.75) is 56.5 Å². The van der Waals surface area contributed by atoms with Gasteiger partial charge in [-0.15, -0.1) is 0 Å². The summed E-state index contributed by atoms with van der Waals surface area (Å²) in [5.41, 5.74) is 5.34. The molecule has 2 atom stereocenters. The smallest absolute Gasteiger partial charge is 0.306 e. The number of rotatable bonds is 3. The Hall–Kier alpha value is -1.10. The van der Waals surface area contributed by atoms with E-state index in [1.54, 1.807) is 0 Å². The van der Waals surface area contributed by atoms with Gasteiger partial charge in [-0.05, 0) is 32.1 Å². The van der Waals surface area contributed by atoms with E-state index in [4.69, 9.17) is 10.8 Å². The van der Waals surface area contributed by atoms with Crippen molar-refractivity contribution in [3.8, 4) is 0 Å². The molecule has 2 aliphatic carbocycles. The summed E-state index contributed by atoms with van der Waals surface area (Å²) in [5.74, 6) is -1.16. The summed E-state index contributed by atoms with van der Waals surface area (Å²) in [6.45, 7) is 0. The Labute approximate surface area is 101 Å². The van der Waals surface area contributed by atoms with Crippen molar-refractivity contribution in [3.05, 3.63) is 0 Å². The zero-order valence-corrected chi connectivity index (χ0v) is 9.95. The predicted octanol–water partition coefficient (Wildman–Crippen LogP) is 0.627. The summed E-state index contributed by atoms with van der Waals surface area (Å²) in [7, 11) is 0. The number of carboxylic acid groups (broad SMARTS) is 1. The van der Waals surface area contributed by atoms with E-state index in [0.717, 1.165) is 32.1 Å². The molecule has 2 rings (SSSR count). The molecular formula is C12H20N2O3. The average Bonchev–Trinajstić information content (AvgIpc) is 2.88. The zero-order valence-electron chi connectivity index (χ0n) is 9.95. The lowest BCUT2D eigenvalue weighted by atomic mass is 9.97. The summed E-state index contributed by atoms with van der Waals surface area (Å²) in [4.78, 5) is 22.8. The van der Waals surface area contributed by atoms with Crippen LogP contribution in [0.5, 0.6) is 0 Å². The second-order valence-corrected chi connectivity index (χ2v) is 5.38. The van der Waals surface area contributed by atoms with Gasteiger partial charge in [0.2, 0.25) is 5.91 Å². The second kappa shape index (κ2) is 4.64. The van der Waals surface area contributed by atoms with Gasteiger partial charge in [0.1, 0.15) is 0 Å². The number of carbonyl (C=O) groups is 2. The highest BCUT2D eigenvalue weighted by atomic mass is 16.4. The molecule has 4 N–H and O–H groups in total. The van der Waals surface area contributed by atoms with E-state index in [1.807, 2.05) is 0 Å². The minimum Gasteiger partial charge on any atom is -0.481 e. The Kier molecular flexibility index (Phi) is 3.38. The minimum atomic E-state index is -0.759. The molecule has 0 saturated heterocycles. The van der Waals surface area contributed by atoms with Gasteiger partial charge in [-0.25, -0.2) is 0 Å². The van der Waals surface area contributed by atoms with E-state index in [-0.39, 0.29) is 17.9 Å². The van der Waals surface area contributed by atoms with Gasteiger partial charge in [-0.1, -0.05) is 12.8 Å². The summed E-state index contributed by atoms with van der Waals surface area (Å²) >= 11 is 0. The maximum absolute atomic E-state index is 12.0. The van der Waals surface area contributed by atoms with Crippen LogP contribution in [0.1, 0.15) is 44.9 Å². The zero-order chi connectivity index (χ0) is 12.5. The number of hydrogen-bond acceptors (Lipinski definition) is 3. The molecule has 2 fully saturated rings. The summed E-state index contributed by atoms with van der Waals surface area (Å²) in [5, 5.41) is 11.8. The Morgan fingerprint density at radius 1 is 1.24 bits per heavy atom. The quantitative estimate of drug-likeness (QED) is 0.674. The monoisotopic (exact) mass is 240 g/mol. The van der Waals surface area contributed by atoms with Crippen LogP contribution >= 0.6 is 0 Å². The van der Waals surface area contributed by atoms with Crippen LogP contribution in [0.25, 0.3) is 0 Å². The summed E-state index contributed by atoms with van der Waals surface area (Å²) < 4.78 is 0. The van der Waals surface area contributed by atoms with Crippen molar-refractivity contribution < 1.29 is 14.7 Å². The van der Waals surface area contributed by atoms with Crippen molar-refractivity contribution in [3.63, 3.8) is 0 Å². The van der Waals surface area contributed by atoms with Crippen molar-refractivity contribution in [1.29, 1.82) is 0 Å². The van der Waals surface area contributed by atoms with Crippen LogP contribution in [0.3, 0.4) is 0 Å². The van der Waals surface area contributed by atoms with Crippen LogP contribution in [-0.2, 0) is 9.59 Å². The van der Waals surface area contributed by atoms with E-state index < -0.39 is 11.5 Å². The van der Waals surface area contributed by atoms with Gasteiger partial charge >= 0.3 is 5.97 Å². The van der Waals surface area contributed by atoms with Gasteiger partial charge in [0.25, 0.3) is 0 Å². The first-order chi connectivity index (χ1) is 8.01. The average molecular weight is 240 g/mol. The lowest BCUT2D eigenvalue weighted by molar-refractivity contribution is -0.141. The first-order valence-electron chi connectivity index (χ1n) is 6.34. The minimum absolute atomic E-state index is 0.00961. The van der Waals surface area contributed by atoms with E-state index in [1.165, 1.54) is 0 Å². The Balaban J connectivity index is 1.86. The number of nitrogens with one attached hydrogen (secondary N) is 1. The Morgan fingerprint density at radius 2 is 1.88 bits per heavy atom. The standard InChI is InChI=1S/C12H20N2O3/c13-12(5-1-2-6-12)11(17)14-9-4-3-8(7-9)10(15)16/h8-9H,1-7,13H2,(H,14,17)(H,15,16)/t8-,9+/m1/s1. The van der Waals surface area contributed by atoms with Crippen LogP contribution in [0, 0.1) is 5.92 Å². The lowest BCUT2D eigenvalue weighted by Crippen LogP contribution is -2.54. The highest BCUT2D eigenvalue weighted by molar-refractivity contribution is 5.86. The molecule has 0 spiro atoms. The number of carboxylic acids is 1. The summed E-state index contributed by atoms with van der Waals surface area (Å²) in [6, 6.07) is -0.00961. The molecule has 0 aromatic heterocycles. The number of nitrogens with two attached hydrogens (primary N) is 1.